The zero-order chi connectivity index (χ0) is 31.7. The van der Waals surface area contributed by atoms with Gasteiger partial charge in [0.1, 0.15) is 12.2 Å². The Bertz CT molecular complexity index is 1080. The van der Waals surface area contributed by atoms with E-state index in [-0.39, 0.29) is 19.6 Å². The first-order chi connectivity index (χ1) is 20.5. The molecule has 2 rings (SSSR count). The molecule has 1 aromatic rings. The van der Waals surface area contributed by atoms with Crippen LogP contribution in [0.5, 0.6) is 0 Å². The maximum atomic E-state index is 14.7. The third-order valence-corrected chi connectivity index (χ3v) is 7.78. The third kappa shape index (κ3) is 14.6. The van der Waals surface area contributed by atoms with E-state index in [2.05, 4.69) is 11.4 Å². The van der Waals surface area contributed by atoms with Gasteiger partial charge in [0.25, 0.3) is 5.56 Å². The number of phosphoric acid groups is 1. The maximum Gasteiger partial charge on any atom is 0.472 e. The van der Waals surface area contributed by atoms with Crippen molar-refractivity contribution >= 4 is 7.82 Å². The third-order valence-electron chi connectivity index (χ3n) is 6.93. The topological polar surface area (TPSA) is 149 Å². The van der Waals surface area contributed by atoms with E-state index in [9.17, 15) is 28.5 Å². The molecule has 1 aliphatic rings. The molecule has 0 radical (unpaired) electrons. The van der Waals surface area contributed by atoms with Gasteiger partial charge in [-0.05, 0) is 12.8 Å². The minimum Gasteiger partial charge on any atom is -0.387 e. The molecule has 1 aliphatic heterocycles. The van der Waals surface area contributed by atoms with E-state index in [1.165, 1.54) is 77.0 Å². The van der Waals surface area contributed by atoms with Gasteiger partial charge in [0.05, 0.1) is 15.9 Å². The van der Waals surface area contributed by atoms with Gasteiger partial charge in [-0.25, -0.2) is 13.8 Å². The first kappa shape index (κ1) is 32.5. The number of nitrogens with one attached hydrogen (secondary N) is 1. The summed E-state index contributed by atoms with van der Waals surface area (Å²) in [7, 11) is -4.97. The number of ether oxygens (including phenoxy) is 2. The molecule has 5 atom stereocenters. The van der Waals surface area contributed by atoms with Crippen LogP contribution in [0.15, 0.2) is 21.9 Å². The second kappa shape index (κ2) is 20.5. The van der Waals surface area contributed by atoms with Crippen molar-refractivity contribution in [3.05, 3.63) is 33.1 Å². The summed E-state index contributed by atoms with van der Waals surface area (Å²) in [5.74, 6) is 0. The molecule has 1 fully saturated rings. The SMILES string of the molecule is [2H]C([2H])(OP(=O)(O)OCCCOCCCCCCCCCCCCCCCC)[C@H]1O[C@@H](n2ccc(=O)[nH]c2=O)C(F)[C@H]1O. The number of nitrogens with zero attached hydrogens (tertiary/aromatic N) is 1. The van der Waals surface area contributed by atoms with E-state index in [0.717, 1.165) is 25.1 Å². The van der Waals surface area contributed by atoms with E-state index in [1.807, 2.05) is 4.98 Å². The molecule has 1 saturated heterocycles. The van der Waals surface area contributed by atoms with Gasteiger partial charge in [-0.3, -0.25) is 23.4 Å². The monoisotopic (exact) mass is 610 g/mol. The fourth-order valence-corrected chi connectivity index (χ4v) is 5.22. The predicted octanol–water partition coefficient (Wildman–Crippen LogP) is 5.15. The Morgan fingerprint density at radius 1 is 0.951 bits per heavy atom. The number of halogens is 1. The molecule has 0 amide bonds. The molecule has 1 aromatic heterocycles. The molecule has 13 heteroatoms. The highest BCUT2D eigenvalue weighted by Gasteiger charge is 2.46. The van der Waals surface area contributed by atoms with Crippen LogP contribution in [-0.4, -0.2) is 64.3 Å². The van der Waals surface area contributed by atoms with Crippen LogP contribution in [0.1, 0.15) is 112 Å². The number of rotatable bonds is 24. The van der Waals surface area contributed by atoms with Gasteiger partial charge in [-0.1, -0.05) is 90.4 Å². The Morgan fingerprint density at radius 2 is 1.51 bits per heavy atom. The van der Waals surface area contributed by atoms with E-state index < -0.39 is 50.2 Å². The Kier molecular flexibility index (Phi) is 16.3. The van der Waals surface area contributed by atoms with Crippen molar-refractivity contribution in [2.24, 2.45) is 0 Å². The fraction of sp³-hybridized carbons (Fsp3) is 0.857. The number of hydrogen-bond donors (Lipinski definition) is 3. The molecular weight excluding hydrogens is 558 g/mol. The van der Waals surface area contributed by atoms with E-state index in [4.69, 9.17) is 16.7 Å². The quantitative estimate of drug-likeness (QED) is 0.107. The molecule has 0 aromatic carbocycles. The van der Waals surface area contributed by atoms with Gasteiger partial charge in [-0.15, -0.1) is 0 Å². The number of phosphoric ester groups is 1. The van der Waals surface area contributed by atoms with Crippen molar-refractivity contribution in [1.29, 1.82) is 0 Å². The van der Waals surface area contributed by atoms with Crippen molar-refractivity contribution in [3.63, 3.8) is 0 Å². The molecule has 11 nitrogen and oxygen atoms in total. The molecule has 238 valence electrons. The lowest BCUT2D eigenvalue weighted by Gasteiger charge is -2.17. The van der Waals surface area contributed by atoms with Gasteiger partial charge in [0.15, 0.2) is 12.4 Å². The number of hydrogen-bond acceptors (Lipinski definition) is 8. The molecule has 0 bridgehead atoms. The summed E-state index contributed by atoms with van der Waals surface area (Å²) in [5.41, 5.74) is -1.79. The minimum absolute atomic E-state index is 0.252. The summed E-state index contributed by atoms with van der Waals surface area (Å²) in [4.78, 5) is 35.1. The first-order valence-corrected chi connectivity index (χ1v) is 16.5. The van der Waals surface area contributed by atoms with Crippen LogP contribution >= 0.6 is 7.82 Å². The van der Waals surface area contributed by atoms with Gasteiger partial charge < -0.3 is 19.5 Å². The highest BCUT2D eigenvalue weighted by atomic mass is 31.2. The number of H-pyrrole nitrogens is 1. The normalized spacial score (nSPS) is 23.3. The Morgan fingerprint density at radius 3 is 2.10 bits per heavy atom. The van der Waals surface area contributed by atoms with Crippen LogP contribution in [0.25, 0.3) is 0 Å². The van der Waals surface area contributed by atoms with Crippen molar-refractivity contribution in [2.75, 3.05) is 26.4 Å². The molecule has 41 heavy (non-hydrogen) atoms. The zero-order valence-corrected chi connectivity index (χ0v) is 25.1. The summed E-state index contributed by atoms with van der Waals surface area (Å²) >= 11 is 0. The average molecular weight is 611 g/mol. The van der Waals surface area contributed by atoms with Crippen LogP contribution < -0.4 is 11.2 Å². The highest BCUT2D eigenvalue weighted by Crippen LogP contribution is 2.44. The molecule has 2 heterocycles. The number of aromatic nitrogens is 2. The highest BCUT2D eigenvalue weighted by molar-refractivity contribution is 7.47. The summed E-state index contributed by atoms with van der Waals surface area (Å²) in [6.45, 7) is -0.356. The minimum atomic E-state index is -4.97. The standard InChI is InChI=1S/C28H50FN2O9P/c1-2-3-4-5-6-7-8-9-10-11-12-13-14-15-19-37-20-16-21-38-41(35,36)39-22-23-26(33)25(29)27(40-23)31-18-17-24(32)30-28(31)34/h17-18,23,25-27,33H,2-16,19-22H2,1H3,(H,35,36)(H,30,32,34)/t23-,25?,26+,27-/m1/s1/i22D2. The second-order valence-corrected chi connectivity index (χ2v) is 11.9. The van der Waals surface area contributed by atoms with Crippen molar-refractivity contribution < 1.29 is 40.2 Å². The number of aliphatic hydroxyl groups is 1. The van der Waals surface area contributed by atoms with Crippen LogP contribution in [0.3, 0.4) is 0 Å². The van der Waals surface area contributed by atoms with Crippen LogP contribution in [-0.2, 0) is 23.1 Å². The van der Waals surface area contributed by atoms with Crippen molar-refractivity contribution in [3.8, 4) is 0 Å². The number of aromatic amines is 1. The van der Waals surface area contributed by atoms with Crippen molar-refractivity contribution in [1.82, 2.24) is 9.55 Å². The molecular formula is C28H50FN2O9P. The fourth-order valence-electron chi connectivity index (χ4n) is 4.57. The Labute approximate surface area is 245 Å². The molecule has 0 spiro atoms. The molecule has 3 N–H and O–H groups in total. The Balaban J connectivity index is 1.54. The Hall–Kier alpha value is -1.40. The number of unbranched alkanes of at least 4 members (excludes halogenated alkanes) is 13. The van der Waals surface area contributed by atoms with Gasteiger partial charge in [-0.2, -0.15) is 0 Å². The number of alkyl halides is 1. The second-order valence-electron chi connectivity index (χ2n) is 10.5. The zero-order valence-electron chi connectivity index (χ0n) is 26.2. The smallest absolute Gasteiger partial charge is 0.387 e. The van der Waals surface area contributed by atoms with E-state index in [1.54, 1.807) is 0 Å². The molecule has 0 aliphatic carbocycles. The number of aliphatic hydroxyl groups excluding tert-OH is 1. The average Bonchev–Trinajstić information content (AvgIpc) is 3.24. The lowest BCUT2D eigenvalue weighted by Crippen LogP contribution is -2.35. The molecule has 0 saturated carbocycles. The van der Waals surface area contributed by atoms with Crippen LogP contribution in [0.4, 0.5) is 4.39 Å². The van der Waals surface area contributed by atoms with Crippen LogP contribution in [0, 0.1) is 0 Å². The van der Waals surface area contributed by atoms with Crippen LogP contribution in [0.2, 0.25) is 0 Å². The van der Waals surface area contributed by atoms with E-state index >= 15 is 0 Å². The summed E-state index contributed by atoms with van der Waals surface area (Å²) in [5, 5.41) is 10.2. The summed E-state index contributed by atoms with van der Waals surface area (Å²) < 4.78 is 63.6. The predicted molar refractivity (Wildman–Crippen MR) is 154 cm³/mol. The lowest BCUT2D eigenvalue weighted by molar-refractivity contribution is -0.0497. The largest absolute Gasteiger partial charge is 0.472 e. The summed E-state index contributed by atoms with van der Waals surface area (Å²) in [6.07, 6.45) is 10.6. The maximum absolute atomic E-state index is 14.7. The lowest BCUT2D eigenvalue weighted by atomic mass is 10.0. The summed E-state index contributed by atoms with van der Waals surface area (Å²) in [6, 6.07) is 0.918. The first-order valence-electron chi connectivity index (χ1n) is 16.0. The van der Waals surface area contributed by atoms with Gasteiger partial charge in [0, 0.05) is 25.5 Å². The molecule has 2 unspecified atom stereocenters. The van der Waals surface area contributed by atoms with Gasteiger partial charge in [0.2, 0.25) is 0 Å². The van der Waals surface area contributed by atoms with Crippen molar-refractivity contribution in [2.45, 2.75) is 128 Å². The van der Waals surface area contributed by atoms with Gasteiger partial charge >= 0.3 is 13.5 Å². The van der Waals surface area contributed by atoms with E-state index in [0.29, 0.717) is 11.2 Å².